The Labute approximate surface area is 121 Å². The lowest BCUT2D eigenvalue weighted by molar-refractivity contribution is -0.193. The van der Waals surface area contributed by atoms with Crippen molar-refractivity contribution in [2.75, 3.05) is 0 Å². The maximum absolute atomic E-state index is 13.8. The Hall–Kier alpha value is -2.22. The first-order valence-electron chi connectivity index (χ1n) is 6.33. The van der Waals surface area contributed by atoms with Gasteiger partial charge in [-0.1, -0.05) is 6.07 Å². The average molecular weight is 297 g/mol. The van der Waals surface area contributed by atoms with Gasteiger partial charge in [-0.05, 0) is 32.9 Å². The van der Waals surface area contributed by atoms with E-state index < -0.39 is 23.4 Å². The van der Waals surface area contributed by atoms with Crippen LogP contribution in [-0.2, 0) is 4.84 Å². The molecule has 0 saturated heterocycles. The molecular formula is C13H17F2N5O. The van der Waals surface area contributed by atoms with Gasteiger partial charge >= 0.3 is 0 Å². The Morgan fingerprint density at radius 2 is 1.81 bits per heavy atom. The van der Waals surface area contributed by atoms with Gasteiger partial charge in [0.25, 0.3) is 0 Å². The van der Waals surface area contributed by atoms with Crippen molar-refractivity contribution in [1.82, 2.24) is 5.06 Å². The highest BCUT2D eigenvalue weighted by Crippen LogP contribution is 2.28. The van der Waals surface area contributed by atoms with Crippen molar-refractivity contribution in [3.63, 3.8) is 0 Å². The maximum atomic E-state index is 13.8. The van der Waals surface area contributed by atoms with Crippen molar-refractivity contribution < 1.29 is 13.6 Å². The summed E-state index contributed by atoms with van der Waals surface area (Å²) in [6.45, 7) is 4.88. The van der Waals surface area contributed by atoms with Gasteiger partial charge in [0.05, 0.1) is 5.56 Å². The number of benzene rings is 1. The molecule has 6 nitrogen and oxygen atoms in total. The summed E-state index contributed by atoms with van der Waals surface area (Å²) in [6.07, 6.45) is -0.922. The molecule has 2 rings (SSSR count). The quantitative estimate of drug-likeness (QED) is 0.887. The minimum Gasteiger partial charge on any atom is -0.368 e. The van der Waals surface area contributed by atoms with E-state index in [9.17, 15) is 8.78 Å². The van der Waals surface area contributed by atoms with E-state index in [1.54, 1.807) is 13.8 Å². The van der Waals surface area contributed by atoms with E-state index in [0.717, 1.165) is 12.1 Å². The molecule has 0 fully saturated rings. The second-order valence-corrected chi connectivity index (χ2v) is 5.11. The number of guanidine groups is 2. The first-order valence-corrected chi connectivity index (χ1v) is 6.33. The molecule has 21 heavy (non-hydrogen) atoms. The standard InChI is InChI=1S/C13H17F2N5O/c1-7(10-8(14)5-4-6-9(10)15)21-20-12(17)18-11(16)19-13(20,2)3/h4-7H,1-3H3,(H4,16,17,18,19). The number of hydrogen-bond donors (Lipinski definition) is 2. The zero-order chi connectivity index (χ0) is 15.8. The van der Waals surface area contributed by atoms with Crippen molar-refractivity contribution in [2.45, 2.75) is 32.5 Å². The fraction of sp³-hybridized carbons (Fsp3) is 0.385. The Bertz CT molecular complexity index is 594. The molecule has 0 amide bonds. The van der Waals surface area contributed by atoms with Crippen LogP contribution in [0.3, 0.4) is 0 Å². The molecule has 0 bridgehead atoms. The lowest BCUT2D eigenvalue weighted by atomic mass is 10.1. The number of nitrogens with zero attached hydrogens (tertiary/aromatic N) is 3. The Morgan fingerprint density at radius 1 is 1.24 bits per heavy atom. The van der Waals surface area contributed by atoms with Crippen LogP contribution in [-0.4, -0.2) is 22.6 Å². The normalized spacial score (nSPS) is 19.0. The van der Waals surface area contributed by atoms with Gasteiger partial charge in [0.15, 0.2) is 5.66 Å². The van der Waals surface area contributed by atoms with Gasteiger partial charge in [-0.15, -0.1) is 0 Å². The van der Waals surface area contributed by atoms with Crippen molar-refractivity contribution in [1.29, 1.82) is 0 Å². The lowest BCUT2D eigenvalue weighted by Gasteiger charge is -2.38. The summed E-state index contributed by atoms with van der Waals surface area (Å²) in [6, 6.07) is 3.60. The molecular weight excluding hydrogens is 280 g/mol. The summed E-state index contributed by atoms with van der Waals surface area (Å²) >= 11 is 0. The fourth-order valence-electron chi connectivity index (χ4n) is 2.09. The molecule has 4 N–H and O–H groups in total. The Balaban J connectivity index is 2.28. The van der Waals surface area contributed by atoms with Gasteiger partial charge in [0.1, 0.15) is 17.7 Å². The Kier molecular flexibility index (Phi) is 3.82. The molecule has 0 radical (unpaired) electrons. The SMILES string of the molecule is CC(ON1C(N)=NC(N)=NC1(C)C)c1c(F)cccc1F. The topological polar surface area (TPSA) is 89.2 Å². The summed E-state index contributed by atoms with van der Waals surface area (Å²) in [5.41, 5.74) is 10.2. The molecule has 1 atom stereocenters. The van der Waals surface area contributed by atoms with Crippen LogP contribution in [0.5, 0.6) is 0 Å². The van der Waals surface area contributed by atoms with Crippen LogP contribution in [0.15, 0.2) is 28.2 Å². The summed E-state index contributed by atoms with van der Waals surface area (Å²) < 4.78 is 27.5. The first-order chi connectivity index (χ1) is 9.72. The molecule has 8 heteroatoms. The number of halogens is 2. The Morgan fingerprint density at radius 3 is 2.33 bits per heavy atom. The van der Waals surface area contributed by atoms with Gasteiger partial charge in [-0.3, -0.25) is 4.84 Å². The third-order valence-corrected chi connectivity index (χ3v) is 2.99. The van der Waals surface area contributed by atoms with Crippen LogP contribution in [0.1, 0.15) is 32.4 Å². The monoisotopic (exact) mass is 297 g/mol. The summed E-state index contributed by atoms with van der Waals surface area (Å²) in [4.78, 5) is 13.4. The van der Waals surface area contributed by atoms with Gasteiger partial charge in [0.2, 0.25) is 11.9 Å². The van der Waals surface area contributed by atoms with E-state index >= 15 is 0 Å². The van der Waals surface area contributed by atoms with Crippen LogP contribution >= 0.6 is 0 Å². The molecule has 1 aliphatic rings. The summed E-state index contributed by atoms with van der Waals surface area (Å²) in [5, 5.41) is 1.18. The second kappa shape index (κ2) is 5.28. The fourth-order valence-corrected chi connectivity index (χ4v) is 2.09. The number of aliphatic imine (C=N–C) groups is 2. The molecule has 0 aromatic heterocycles. The summed E-state index contributed by atoms with van der Waals surface area (Å²) in [7, 11) is 0. The number of hydroxylamine groups is 2. The highest BCUT2D eigenvalue weighted by molar-refractivity contribution is 5.95. The van der Waals surface area contributed by atoms with Crippen LogP contribution in [0.2, 0.25) is 0 Å². The third-order valence-electron chi connectivity index (χ3n) is 2.99. The van der Waals surface area contributed by atoms with Crippen molar-refractivity contribution in [2.24, 2.45) is 21.5 Å². The van der Waals surface area contributed by atoms with Crippen LogP contribution in [0, 0.1) is 11.6 Å². The van der Waals surface area contributed by atoms with Crippen molar-refractivity contribution in [3.05, 3.63) is 35.4 Å². The largest absolute Gasteiger partial charge is 0.368 e. The molecule has 1 aromatic carbocycles. The minimum absolute atomic E-state index is 0.0158. The predicted molar refractivity (Wildman–Crippen MR) is 75.0 cm³/mol. The molecule has 114 valence electrons. The van der Waals surface area contributed by atoms with Crippen LogP contribution in [0.25, 0.3) is 0 Å². The van der Waals surface area contributed by atoms with E-state index in [4.69, 9.17) is 16.3 Å². The molecule has 0 aliphatic carbocycles. The average Bonchev–Trinajstić information content (AvgIpc) is 2.32. The van der Waals surface area contributed by atoms with E-state index in [0.29, 0.717) is 0 Å². The van der Waals surface area contributed by atoms with E-state index in [1.807, 2.05) is 0 Å². The van der Waals surface area contributed by atoms with Gasteiger partial charge in [0, 0.05) is 0 Å². The number of rotatable bonds is 3. The smallest absolute Gasteiger partial charge is 0.226 e. The van der Waals surface area contributed by atoms with Crippen LogP contribution < -0.4 is 11.5 Å². The highest BCUT2D eigenvalue weighted by atomic mass is 19.1. The van der Waals surface area contributed by atoms with E-state index in [1.165, 1.54) is 18.1 Å². The van der Waals surface area contributed by atoms with Crippen LogP contribution in [0.4, 0.5) is 8.78 Å². The van der Waals surface area contributed by atoms with Gasteiger partial charge in [-0.2, -0.15) is 10.1 Å². The maximum Gasteiger partial charge on any atom is 0.226 e. The number of hydrogen-bond acceptors (Lipinski definition) is 6. The predicted octanol–water partition coefficient (Wildman–Crippen LogP) is 1.64. The highest BCUT2D eigenvalue weighted by Gasteiger charge is 2.35. The van der Waals surface area contributed by atoms with Gasteiger partial charge < -0.3 is 11.5 Å². The molecule has 1 heterocycles. The molecule has 1 unspecified atom stereocenters. The van der Waals surface area contributed by atoms with E-state index in [-0.39, 0.29) is 17.5 Å². The van der Waals surface area contributed by atoms with Crippen molar-refractivity contribution >= 4 is 11.9 Å². The zero-order valence-electron chi connectivity index (χ0n) is 12.0. The minimum atomic E-state index is -0.939. The molecule has 1 aliphatic heterocycles. The third kappa shape index (κ3) is 2.94. The molecule has 1 aromatic rings. The van der Waals surface area contributed by atoms with Crippen molar-refractivity contribution in [3.8, 4) is 0 Å². The van der Waals surface area contributed by atoms with Gasteiger partial charge in [-0.25, -0.2) is 13.8 Å². The molecule has 0 saturated carbocycles. The first kappa shape index (κ1) is 15.2. The second-order valence-electron chi connectivity index (χ2n) is 5.11. The number of nitrogens with two attached hydrogens (primary N) is 2. The zero-order valence-corrected chi connectivity index (χ0v) is 12.0. The summed E-state index contributed by atoms with van der Waals surface area (Å²) in [5.74, 6) is -1.41. The van der Waals surface area contributed by atoms with E-state index in [2.05, 4.69) is 9.98 Å². The lowest BCUT2D eigenvalue weighted by Crippen LogP contribution is -2.54. The molecule has 0 spiro atoms.